The zero-order chi connectivity index (χ0) is 15.4. The molecule has 0 aliphatic heterocycles. The van der Waals surface area contributed by atoms with Crippen molar-refractivity contribution >= 4 is 10.0 Å². The molecule has 4 nitrogen and oxygen atoms in total. The maximum Gasteiger partial charge on any atom is 0.242 e. The minimum atomic E-state index is -3.43. The third kappa shape index (κ3) is 3.81. The SMILES string of the molecule is CCC(C)(C)c1ccc(S(=O)(=O)N(C)CCOC)cc1. The molecule has 0 unspecified atom stereocenters. The first kappa shape index (κ1) is 17.1. The molecule has 5 heteroatoms. The molecule has 0 aromatic heterocycles. The van der Waals surface area contributed by atoms with Crippen molar-refractivity contribution in [2.75, 3.05) is 27.3 Å². The summed E-state index contributed by atoms with van der Waals surface area (Å²) in [7, 11) is -0.302. The molecule has 1 aromatic carbocycles. The third-order valence-electron chi connectivity index (χ3n) is 3.84. The Bertz CT molecular complexity index is 521. The molecule has 0 N–H and O–H groups in total. The average Bonchev–Trinajstić information content (AvgIpc) is 2.44. The van der Waals surface area contributed by atoms with Crippen LogP contribution in [-0.2, 0) is 20.2 Å². The van der Waals surface area contributed by atoms with E-state index in [1.165, 1.54) is 4.31 Å². The zero-order valence-corrected chi connectivity index (χ0v) is 13.8. The summed E-state index contributed by atoms with van der Waals surface area (Å²) in [5, 5.41) is 0. The number of rotatable bonds is 7. The van der Waals surface area contributed by atoms with Crippen LogP contribution in [0.25, 0.3) is 0 Å². The monoisotopic (exact) mass is 299 g/mol. The van der Waals surface area contributed by atoms with Crippen molar-refractivity contribution in [2.45, 2.75) is 37.5 Å². The van der Waals surface area contributed by atoms with E-state index in [1.54, 1.807) is 26.3 Å². The fraction of sp³-hybridized carbons (Fsp3) is 0.600. The van der Waals surface area contributed by atoms with E-state index in [9.17, 15) is 8.42 Å². The predicted molar refractivity (Wildman–Crippen MR) is 81.5 cm³/mol. The Morgan fingerprint density at radius 2 is 1.75 bits per heavy atom. The second-order valence-corrected chi connectivity index (χ2v) is 7.63. The van der Waals surface area contributed by atoms with Crippen molar-refractivity contribution in [3.63, 3.8) is 0 Å². The minimum absolute atomic E-state index is 0.0598. The number of benzene rings is 1. The first-order chi connectivity index (χ1) is 9.25. The number of methoxy groups -OCH3 is 1. The van der Waals surface area contributed by atoms with Gasteiger partial charge in [-0.1, -0.05) is 32.9 Å². The Hall–Kier alpha value is -0.910. The molecule has 1 rings (SSSR count). The molecule has 20 heavy (non-hydrogen) atoms. The molecule has 0 atom stereocenters. The Labute approximate surface area is 122 Å². The van der Waals surface area contributed by atoms with Gasteiger partial charge in [-0.05, 0) is 29.5 Å². The highest BCUT2D eigenvalue weighted by Crippen LogP contribution is 2.27. The van der Waals surface area contributed by atoms with E-state index < -0.39 is 10.0 Å². The van der Waals surface area contributed by atoms with Gasteiger partial charge in [0.15, 0.2) is 0 Å². The highest BCUT2D eigenvalue weighted by Gasteiger charge is 2.22. The summed E-state index contributed by atoms with van der Waals surface area (Å²) < 4.78 is 30.9. The van der Waals surface area contributed by atoms with Crippen LogP contribution in [0.2, 0.25) is 0 Å². The van der Waals surface area contributed by atoms with Crippen LogP contribution in [0.15, 0.2) is 29.2 Å². The lowest BCUT2D eigenvalue weighted by Crippen LogP contribution is -2.30. The molecule has 0 aliphatic carbocycles. The number of likely N-dealkylation sites (N-methyl/N-ethyl adjacent to an activating group) is 1. The van der Waals surface area contributed by atoms with Gasteiger partial charge in [-0.25, -0.2) is 8.42 Å². The van der Waals surface area contributed by atoms with Crippen LogP contribution < -0.4 is 0 Å². The van der Waals surface area contributed by atoms with Gasteiger partial charge < -0.3 is 4.74 Å². The largest absolute Gasteiger partial charge is 0.383 e. The maximum atomic E-state index is 12.3. The van der Waals surface area contributed by atoms with Crippen LogP contribution in [0.5, 0.6) is 0 Å². The highest BCUT2D eigenvalue weighted by atomic mass is 32.2. The summed E-state index contributed by atoms with van der Waals surface area (Å²) in [6, 6.07) is 7.18. The molecular formula is C15H25NO3S. The van der Waals surface area contributed by atoms with Crippen LogP contribution in [-0.4, -0.2) is 40.0 Å². The molecule has 0 saturated heterocycles. The van der Waals surface area contributed by atoms with E-state index in [2.05, 4.69) is 20.8 Å². The fourth-order valence-corrected chi connectivity index (χ4v) is 2.96. The van der Waals surface area contributed by atoms with Gasteiger partial charge in [0.1, 0.15) is 0 Å². The lowest BCUT2D eigenvalue weighted by Gasteiger charge is -2.24. The van der Waals surface area contributed by atoms with Crippen molar-refractivity contribution in [3.8, 4) is 0 Å². The quantitative estimate of drug-likeness (QED) is 0.777. The maximum absolute atomic E-state index is 12.3. The lowest BCUT2D eigenvalue weighted by atomic mass is 9.82. The molecule has 0 saturated carbocycles. The van der Waals surface area contributed by atoms with Gasteiger partial charge in [0.2, 0.25) is 10.0 Å². The standard InChI is InChI=1S/C15H25NO3S/c1-6-15(2,3)13-7-9-14(10-8-13)20(17,18)16(4)11-12-19-5/h7-10H,6,11-12H2,1-5H3. The van der Waals surface area contributed by atoms with E-state index in [0.29, 0.717) is 18.0 Å². The van der Waals surface area contributed by atoms with E-state index in [0.717, 1.165) is 12.0 Å². The van der Waals surface area contributed by atoms with Gasteiger partial charge in [0.05, 0.1) is 11.5 Å². The van der Waals surface area contributed by atoms with Gasteiger partial charge in [-0.2, -0.15) is 4.31 Å². The number of ether oxygens (including phenoxy) is 1. The van der Waals surface area contributed by atoms with Crippen LogP contribution in [0.1, 0.15) is 32.8 Å². The Kier molecular flexibility index (Phi) is 5.74. The highest BCUT2D eigenvalue weighted by molar-refractivity contribution is 7.89. The molecule has 0 bridgehead atoms. The summed E-state index contributed by atoms with van der Waals surface area (Å²) >= 11 is 0. The topological polar surface area (TPSA) is 46.6 Å². The van der Waals surface area contributed by atoms with Gasteiger partial charge in [-0.15, -0.1) is 0 Å². The summed E-state index contributed by atoms with van der Waals surface area (Å²) in [6.07, 6.45) is 1.01. The molecule has 1 aromatic rings. The number of hydrogen-bond acceptors (Lipinski definition) is 3. The Balaban J connectivity index is 2.98. The van der Waals surface area contributed by atoms with Gasteiger partial charge in [-0.3, -0.25) is 0 Å². The first-order valence-electron chi connectivity index (χ1n) is 6.81. The van der Waals surface area contributed by atoms with Crippen molar-refractivity contribution < 1.29 is 13.2 Å². The smallest absolute Gasteiger partial charge is 0.242 e. The van der Waals surface area contributed by atoms with Crippen molar-refractivity contribution in [2.24, 2.45) is 0 Å². The number of sulfonamides is 1. The molecule has 0 radical (unpaired) electrons. The van der Waals surface area contributed by atoms with Crippen LogP contribution in [0.3, 0.4) is 0 Å². The molecule has 0 aliphatic rings. The van der Waals surface area contributed by atoms with Gasteiger partial charge >= 0.3 is 0 Å². The van der Waals surface area contributed by atoms with Crippen molar-refractivity contribution in [1.82, 2.24) is 4.31 Å². The van der Waals surface area contributed by atoms with Crippen LogP contribution in [0, 0.1) is 0 Å². The average molecular weight is 299 g/mol. The number of hydrogen-bond donors (Lipinski definition) is 0. The van der Waals surface area contributed by atoms with Gasteiger partial charge in [0, 0.05) is 20.7 Å². The summed E-state index contributed by atoms with van der Waals surface area (Å²) in [6.45, 7) is 7.17. The Morgan fingerprint density at radius 1 is 1.20 bits per heavy atom. The van der Waals surface area contributed by atoms with Crippen LogP contribution >= 0.6 is 0 Å². The van der Waals surface area contributed by atoms with Crippen molar-refractivity contribution in [1.29, 1.82) is 0 Å². The normalized spacial score (nSPS) is 12.9. The van der Waals surface area contributed by atoms with E-state index in [1.807, 2.05) is 12.1 Å². The molecule has 0 amide bonds. The van der Waals surface area contributed by atoms with E-state index in [-0.39, 0.29) is 5.41 Å². The second kappa shape index (κ2) is 6.70. The van der Waals surface area contributed by atoms with E-state index in [4.69, 9.17) is 4.74 Å². The third-order valence-corrected chi connectivity index (χ3v) is 5.71. The lowest BCUT2D eigenvalue weighted by molar-refractivity contribution is 0.185. The summed E-state index contributed by atoms with van der Waals surface area (Å²) in [5.41, 5.74) is 1.21. The number of nitrogens with zero attached hydrogens (tertiary/aromatic N) is 1. The van der Waals surface area contributed by atoms with Crippen LogP contribution in [0.4, 0.5) is 0 Å². The molecule has 0 spiro atoms. The molecular weight excluding hydrogens is 274 g/mol. The Morgan fingerprint density at radius 3 is 2.20 bits per heavy atom. The van der Waals surface area contributed by atoms with E-state index >= 15 is 0 Å². The molecule has 0 fully saturated rings. The minimum Gasteiger partial charge on any atom is -0.383 e. The molecule has 114 valence electrons. The summed E-state index contributed by atoms with van der Waals surface area (Å²) in [5.74, 6) is 0. The second-order valence-electron chi connectivity index (χ2n) is 5.58. The molecule has 0 heterocycles. The predicted octanol–water partition coefficient (Wildman–Crippen LogP) is 2.64. The van der Waals surface area contributed by atoms with Crippen molar-refractivity contribution in [3.05, 3.63) is 29.8 Å². The zero-order valence-electron chi connectivity index (χ0n) is 13.0. The van der Waals surface area contributed by atoms with Gasteiger partial charge in [0.25, 0.3) is 0 Å². The summed E-state index contributed by atoms with van der Waals surface area (Å²) in [4.78, 5) is 0.326. The first-order valence-corrected chi connectivity index (χ1v) is 8.25. The fourth-order valence-electron chi connectivity index (χ4n) is 1.80.